The average molecular weight is 428 g/mol. The molecule has 0 radical (unpaired) electrons. The maximum absolute atomic E-state index is 13.2. The predicted molar refractivity (Wildman–Crippen MR) is 120 cm³/mol. The van der Waals surface area contributed by atoms with E-state index >= 15 is 0 Å². The Morgan fingerprint density at radius 2 is 2.17 bits per heavy atom. The number of carbonyl (C=O) groups is 1. The zero-order chi connectivity index (χ0) is 21.6. The number of ether oxygens (including phenoxy) is 1. The summed E-state index contributed by atoms with van der Waals surface area (Å²) in [6, 6.07) is 2.05. The second-order valence-corrected chi connectivity index (χ2v) is 9.68. The molecule has 0 aromatic carbocycles. The van der Waals surface area contributed by atoms with Crippen molar-refractivity contribution < 1.29 is 9.53 Å². The number of Topliss-reactive ketones (excluding diaryl/α,β-unsaturated/α-hetero) is 1. The van der Waals surface area contributed by atoms with Gasteiger partial charge in [-0.1, -0.05) is 6.92 Å². The van der Waals surface area contributed by atoms with Crippen molar-refractivity contribution in [2.75, 3.05) is 13.7 Å². The number of nitrogens with zero attached hydrogens (tertiary/aromatic N) is 3. The summed E-state index contributed by atoms with van der Waals surface area (Å²) in [6.45, 7) is 8.85. The van der Waals surface area contributed by atoms with Gasteiger partial charge in [0.2, 0.25) is 0 Å². The standard InChI is InChI=1S/C23H29N3O3S/c1-13-6-7-17-20(8-13)30-22-21(17)23(28)25(12-24-22)10-19(27)18-9-14(2)26(16(18)4)15(3)11-29-5/h9,12-13,15H,6-8,10-11H2,1-5H3/t13-,15-/m0/s1. The van der Waals surface area contributed by atoms with Crippen molar-refractivity contribution in [2.24, 2.45) is 5.92 Å². The van der Waals surface area contributed by atoms with Crippen LogP contribution in [0.3, 0.4) is 0 Å². The molecular weight excluding hydrogens is 398 g/mol. The first-order valence-corrected chi connectivity index (χ1v) is 11.3. The molecular formula is C23H29N3O3S. The lowest BCUT2D eigenvalue weighted by Gasteiger charge is -2.18. The van der Waals surface area contributed by atoms with E-state index in [1.165, 1.54) is 15.8 Å². The van der Waals surface area contributed by atoms with Crippen LogP contribution < -0.4 is 5.56 Å². The van der Waals surface area contributed by atoms with Crippen molar-refractivity contribution in [1.29, 1.82) is 0 Å². The van der Waals surface area contributed by atoms with E-state index < -0.39 is 0 Å². The highest BCUT2D eigenvalue weighted by atomic mass is 32.1. The molecule has 1 aliphatic carbocycles. The highest BCUT2D eigenvalue weighted by Gasteiger charge is 2.24. The van der Waals surface area contributed by atoms with E-state index in [0.29, 0.717) is 18.1 Å². The van der Waals surface area contributed by atoms with Crippen LogP contribution in [0.2, 0.25) is 0 Å². The third-order valence-electron chi connectivity index (χ3n) is 6.23. The lowest BCUT2D eigenvalue weighted by Crippen LogP contribution is -2.25. The first-order valence-electron chi connectivity index (χ1n) is 10.5. The van der Waals surface area contributed by atoms with E-state index in [-0.39, 0.29) is 23.9 Å². The summed E-state index contributed by atoms with van der Waals surface area (Å²) in [7, 11) is 1.68. The Balaban J connectivity index is 1.67. The fourth-order valence-electron chi connectivity index (χ4n) is 4.77. The number of thiophene rings is 1. The monoisotopic (exact) mass is 427 g/mol. The van der Waals surface area contributed by atoms with E-state index in [1.54, 1.807) is 18.4 Å². The number of hydrogen-bond acceptors (Lipinski definition) is 5. The Morgan fingerprint density at radius 3 is 2.90 bits per heavy atom. The fraction of sp³-hybridized carbons (Fsp3) is 0.522. The molecule has 30 heavy (non-hydrogen) atoms. The van der Waals surface area contributed by atoms with Crippen LogP contribution in [0.15, 0.2) is 17.2 Å². The second kappa shape index (κ2) is 8.12. The second-order valence-electron chi connectivity index (χ2n) is 8.59. The van der Waals surface area contributed by atoms with Crippen LogP contribution >= 0.6 is 11.3 Å². The Bertz CT molecular complexity index is 1170. The van der Waals surface area contributed by atoms with Crippen molar-refractivity contribution in [3.05, 3.63) is 50.1 Å². The Kier molecular flexibility index (Phi) is 5.68. The molecule has 2 atom stereocenters. The summed E-state index contributed by atoms with van der Waals surface area (Å²) >= 11 is 1.63. The number of aryl methyl sites for hydroxylation is 2. The molecule has 160 valence electrons. The molecule has 0 amide bonds. The molecule has 0 bridgehead atoms. The molecule has 0 saturated heterocycles. The average Bonchev–Trinajstić information content (AvgIpc) is 3.20. The van der Waals surface area contributed by atoms with Gasteiger partial charge in [-0.15, -0.1) is 11.3 Å². The van der Waals surface area contributed by atoms with Gasteiger partial charge >= 0.3 is 0 Å². The molecule has 0 fully saturated rings. The van der Waals surface area contributed by atoms with E-state index in [9.17, 15) is 9.59 Å². The van der Waals surface area contributed by atoms with Crippen molar-refractivity contribution >= 4 is 27.3 Å². The minimum absolute atomic E-state index is 0.00570. The number of hydrogen-bond donors (Lipinski definition) is 0. The number of ketones is 1. The van der Waals surface area contributed by atoms with Gasteiger partial charge in [0.05, 0.1) is 30.9 Å². The first-order chi connectivity index (χ1) is 14.3. The number of rotatable bonds is 6. The zero-order valence-electron chi connectivity index (χ0n) is 18.3. The van der Waals surface area contributed by atoms with Gasteiger partial charge in [-0.2, -0.15) is 0 Å². The van der Waals surface area contributed by atoms with Gasteiger partial charge in [-0.3, -0.25) is 14.2 Å². The third kappa shape index (κ3) is 3.54. The summed E-state index contributed by atoms with van der Waals surface area (Å²) in [6.07, 6.45) is 4.56. The summed E-state index contributed by atoms with van der Waals surface area (Å²) in [5, 5.41) is 0.719. The molecule has 7 heteroatoms. The van der Waals surface area contributed by atoms with Crippen LogP contribution in [0.1, 0.15) is 58.5 Å². The van der Waals surface area contributed by atoms with Gasteiger partial charge in [0, 0.05) is 28.9 Å². The largest absolute Gasteiger partial charge is 0.383 e. The van der Waals surface area contributed by atoms with Crippen LogP contribution in [0, 0.1) is 19.8 Å². The van der Waals surface area contributed by atoms with Gasteiger partial charge < -0.3 is 9.30 Å². The molecule has 0 spiro atoms. The summed E-state index contributed by atoms with van der Waals surface area (Å²) in [4.78, 5) is 32.9. The maximum atomic E-state index is 13.2. The van der Waals surface area contributed by atoms with Crippen molar-refractivity contribution in [3.63, 3.8) is 0 Å². The van der Waals surface area contributed by atoms with E-state index in [4.69, 9.17) is 4.74 Å². The molecule has 6 nitrogen and oxygen atoms in total. The van der Waals surface area contributed by atoms with E-state index in [2.05, 4.69) is 23.4 Å². The summed E-state index contributed by atoms with van der Waals surface area (Å²) < 4.78 is 8.87. The zero-order valence-corrected chi connectivity index (χ0v) is 19.1. The molecule has 0 saturated carbocycles. The lowest BCUT2D eigenvalue weighted by molar-refractivity contribution is 0.0969. The minimum atomic E-state index is -0.0954. The van der Waals surface area contributed by atoms with Crippen LogP contribution in [0.5, 0.6) is 0 Å². The molecule has 3 aromatic rings. The van der Waals surface area contributed by atoms with Crippen LogP contribution in [0.25, 0.3) is 10.2 Å². The Hall–Kier alpha value is -2.25. The molecule has 3 heterocycles. The van der Waals surface area contributed by atoms with Gasteiger partial charge in [0.1, 0.15) is 4.83 Å². The normalized spacial score (nSPS) is 17.3. The summed E-state index contributed by atoms with van der Waals surface area (Å²) in [5.41, 5.74) is 3.64. The smallest absolute Gasteiger partial charge is 0.262 e. The lowest BCUT2D eigenvalue weighted by atomic mass is 9.89. The number of fused-ring (bicyclic) bond motifs is 3. The van der Waals surface area contributed by atoms with E-state index in [1.807, 2.05) is 19.9 Å². The van der Waals surface area contributed by atoms with Gasteiger partial charge in [-0.25, -0.2) is 4.98 Å². The summed E-state index contributed by atoms with van der Waals surface area (Å²) in [5.74, 6) is 0.574. The quantitative estimate of drug-likeness (QED) is 0.556. The highest BCUT2D eigenvalue weighted by molar-refractivity contribution is 7.18. The van der Waals surface area contributed by atoms with Crippen LogP contribution in [0.4, 0.5) is 0 Å². The molecule has 4 rings (SSSR count). The molecule has 0 N–H and O–H groups in total. The number of carbonyl (C=O) groups excluding carboxylic acids is 1. The molecule has 1 aliphatic rings. The topological polar surface area (TPSA) is 66.1 Å². The fourth-order valence-corrected chi connectivity index (χ4v) is 6.11. The number of methoxy groups -OCH3 is 1. The van der Waals surface area contributed by atoms with Crippen LogP contribution in [-0.2, 0) is 24.1 Å². The Morgan fingerprint density at radius 1 is 1.40 bits per heavy atom. The SMILES string of the molecule is COC[C@H](C)n1c(C)cc(C(=O)Cn2cnc3sc4c(c3c2=O)CC[C@H](C)C4)c1C. The van der Waals surface area contributed by atoms with Gasteiger partial charge in [0.25, 0.3) is 5.56 Å². The first kappa shape index (κ1) is 21.0. The number of aromatic nitrogens is 3. The Labute approximate surface area is 180 Å². The molecule has 0 aliphatic heterocycles. The van der Waals surface area contributed by atoms with Crippen molar-refractivity contribution in [2.45, 2.75) is 59.5 Å². The maximum Gasteiger partial charge on any atom is 0.262 e. The van der Waals surface area contributed by atoms with Crippen molar-refractivity contribution in [1.82, 2.24) is 14.1 Å². The molecule has 0 unspecified atom stereocenters. The van der Waals surface area contributed by atoms with Crippen molar-refractivity contribution in [3.8, 4) is 0 Å². The predicted octanol–water partition coefficient (Wildman–Crippen LogP) is 4.09. The van der Waals surface area contributed by atoms with E-state index in [0.717, 1.165) is 46.4 Å². The van der Waals surface area contributed by atoms with Gasteiger partial charge in [-0.05, 0) is 57.6 Å². The van der Waals surface area contributed by atoms with Gasteiger partial charge in [0.15, 0.2) is 5.78 Å². The molecule has 3 aromatic heterocycles. The minimum Gasteiger partial charge on any atom is -0.383 e. The van der Waals surface area contributed by atoms with Crippen LogP contribution in [-0.4, -0.2) is 33.6 Å². The third-order valence-corrected chi connectivity index (χ3v) is 7.39. The highest BCUT2D eigenvalue weighted by Crippen LogP contribution is 2.35.